The second-order valence-corrected chi connectivity index (χ2v) is 6.98. The van der Waals surface area contributed by atoms with Gasteiger partial charge in [0.25, 0.3) is 0 Å². The number of benzene rings is 2. The molecule has 7 nitrogen and oxygen atoms in total. The van der Waals surface area contributed by atoms with Crippen molar-refractivity contribution in [3.63, 3.8) is 0 Å². The molecule has 1 aliphatic heterocycles. The van der Waals surface area contributed by atoms with Gasteiger partial charge >= 0.3 is 6.61 Å². The molecule has 2 aromatic carbocycles. The van der Waals surface area contributed by atoms with Crippen LogP contribution in [0.25, 0.3) is 0 Å². The van der Waals surface area contributed by atoms with E-state index in [2.05, 4.69) is 10.8 Å². The van der Waals surface area contributed by atoms with Crippen molar-refractivity contribution in [3.05, 3.63) is 64.7 Å². The standard InChI is InChI=1S/C21H21F2NO6/c22-21(23)29-15-5-1-11(2-6-15)7-14-8-12(3-4-13(14)9-24)20-19(28)18(27)17(26)16(10-25)30-20/h1-6,8,16-21,25-28H,7,10H2/t16-,17-,18?,19-,20+/m1/s1. The lowest BCUT2D eigenvalue weighted by atomic mass is 9.89. The van der Waals surface area contributed by atoms with Crippen LogP contribution in [0.2, 0.25) is 0 Å². The minimum absolute atomic E-state index is 0.0179. The Bertz CT molecular complexity index is 899. The number of aliphatic hydroxyl groups is 4. The van der Waals surface area contributed by atoms with Crippen LogP contribution >= 0.6 is 0 Å². The van der Waals surface area contributed by atoms with Gasteiger partial charge in [0.1, 0.15) is 36.3 Å². The molecule has 0 aromatic heterocycles. The van der Waals surface area contributed by atoms with Crippen LogP contribution in [0.4, 0.5) is 8.78 Å². The van der Waals surface area contributed by atoms with Gasteiger partial charge in [-0.15, -0.1) is 0 Å². The molecule has 3 rings (SSSR count). The molecule has 4 N–H and O–H groups in total. The Kier molecular flexibility index (Phi) is 6.97. The molecule has 1 unspecified atom stereocenters. The van der Waals surface area contributed by atoms with E-state index in [-0.39, 0.29) is 5.75 Å². The molecular formula is C21H21F2NO6. The molecule has 1 aliphatic rings. The van der Waals surface area contributed by atoms with Crippen molar-refractivity contribution in [2.24, 2.45) is 0 Å². The van der Waals surface area contributed by atoms with Gasteiger partial charge < -0.3 is 29.9 Å². The van der Waals surface area contributed by atoms with Gasteiger partial charge in [0, 0.05) is 0 Å². The molecule has 0 spiro atoms. The lowest BCUT2D eigenvalue weighted by Crippen LogP contribution is -2.55. The first-order valence-corrected chi connectivity index (χ1v) is 9.21. The summed E-state index contributed by atoms with van der Waals surface area (Å²) in [6.07, 6.45) is -6.18. The topological polar surface area (TPSA) is 123 Å². The highest BCUT2D eigenvalue weighted by atomic mass is 19.3. The maximum atomic E-state index is 12.3. The highest BCUT2D eigenvalue weighted by Crippen LogP contribution is 2.33. The molecule has 0 aliphatic carbocycles. The van der Waals surface area contributed by atoms with Crippen molar-refractivity contribution in [1.82, 2.24) is 0 Å². The summed E-state index contributed by atoms with van der Waals surface area (Å²) in [5, 5.41) is 49.0. The van der Waals surface area contributed by atoms with Gasteiger partial charge in [-0.05, 0) is 41.3 Å². The fraction of sp³-hybridized carbons (Fsp3) is 0.381. The van der Waals surface area contributed by atoms with Crippen LogP contribution in [0.15, 0.2) is 42.5 Å². The Balaban J connectivity index is 1.86. The molecule has 0 amide bonds. The number of alkyl halides is 2. The predicted octanol–water partition coefficient (Wildman–Crippen LogP) is 1.27. The molecule has 9 heteroatoms. The van der Waals surface area contributed by atoms with E-state index in [1.54, 1.807) is 30.3 Å². The van der Waals surface area contributed by atoms with Crippen molar-refractivity contribution < 1.29 is 38.7 Å². The Morgan fingerprint density at radius 2 is 1.73 bits per heavy atom. The van der Waals surface area contributed by atoms with Crippen molar-refractivity contribution in [1.29, 1.82) is 5.26 Å². The molecule has 1 heterocycles. The van der Waals surface area contributed by atoms with Crippen molar-refractivity contribution in [2.45, 2.75) is 43.6 Å². The highest BCUT2D eigenvalue weighted by Gasteiger charge is 2.44. The van der Waals surface area contributed by atoms with Crippen LogP contribution in [-0.4, -0.2) is 58.1 Å². The first-order chi connectivity index (χ1) is 14.3. The van der Waals surface area contributed by atoms with E-state index in [0.29, 0.717) is 23.1 Å². The fourth-order valence-corrected chi connectivity index (χ4v) is 3.43. The Morgan fingerprint density at radius 1 is 1.03 bits per heavy atom. The third-order valence-corrected chi connectivity index (χ3v) is 5.01. The summed E-state index contributed by atoms with van der Waals surface area (Å²) in [5.74, 6) is 0.0179. The zero-order valence-electron chi connectivity index (χ0n) is 15.7. The maximum absolute atomic E-state index is 12.3. The van der Waals surface area contributed by atoms with E-state index in [4.69, 9.17) is 4.74 Å². The number of hydrogen-bond acceptors (Lipinski definition) is 7. The van der Waals surface area contributed by atoms with Gasteiger partial charge in [0.15, 0.2) is 0 Å². The summed E-state index contributed by atoms with van der Waals surface area (Å²) in [6.45, 7) is -3.46. The van der Waals surface area contributed by atoms with Crippen LogP contribution in [0.5, 0.6) is 5.75 Å². The van der Waals surface area contributed by atoms with Crippen molar-refractivity contribution >= 4 is 0 Å². The second-order valence-electron chi connectivity index (χ2n) is 6.98. The first kappa shape index (κ1) is 22.1. The fourth-order valence-electron chi connectivity index (χ4n) is 3.43. The van der Waals surface area contributed by atoms with E-state index in [1.165, 1.54) is 12.1 Å². The lowest BCUT2D eigenvalue weighted by Gasteiger charge is -2.40. The maximum Gasteiger partial charge on any atom is 0.387 e. The zero-order valence-corrected chi connectivity index (χ0v) is 15.7. The molecule has 1 saturated heterocycles. The van der Waals surface area contributed by atoms with Gasteiger partial charge in [-0.1, -0.05) is 24.3 Å². The number of ether oxygens (including phenoxy) is 2. The summed E-state index contributed by atoms with van der Waals surface area (Å²) >= 11 is 0. The summed E-state index contributed by atoms with van der Waals surface area (Å²) in [5.41, 5.74) is 2.16. The molecule has 5 atom stereocenters. The van der Waals surface area contributed by atoms with Crippen LogP contribution < -0.4 is 4.74 Å². The van der Waals surface area contributed by atoms with Crippen LogP contribution in [0, 0.1) is 11.3 Å². The number of halogens is 2. The molecule has 1 fully saturated rings. The third-order valence-electron chi connectivity index (χ3n) is 5.01. The highest BCUT2D eigenvalue weighted by molar-refractivity contribution is 5.44. The molecule has 0 saturated carbocycles. The molecule has 2 aromatic rings. The van der Waals surface area contributed by atoms with E-state index in [0.717, 1.165) is 5.56 Å². The van der Waals surface area contributed by atoms with E-state index in [9.17, 15) is 34.5 Å². The minimum Gasteiger partial charge on any atom is -0.435 e. The van der Waals surface area contributed by atoms with Crippen LogP contribution in [-0.2, 0) is 11.2 Å². The van der Waals surface area contributed by atoms with Gasteiger partial charge in [-0.25, -0.2) is 0 Å². The Hall–Kier alpha value is -2.61. The lowest BCUT2D eigenvalue weighted by molar-refractivity contribution is -0.231. The Morgan fingerprint density at radius 3 is 2.33 bits per heavy atom. The largest absolute Gasteiger partial charge is 0.435 e. The number of hydrogen-bond donors (Lipinski definition) is 4. The Labute approximate surface area is 171 Å². The predicted molar refractivity (Wildman–Crippen MR) is 99.8 cm³/mol. The molecule has 0 radical (unpaired) electrons. The second kappa shape index (κ2) is 9.47. The van der Waals surface area contributed by atoms with Crippen LogP contribution in [0.3, 0.4) is 0 Å². The summed E-state index contributed by atoms with van der Waals surface area (Å²) < 4.78 is 34.5. The first-order valence-electron chi connectivity index (χ1n) is 9.21. The average molecular weight is 421 g/mol. The number of rotatable bonds is 6. The third kappa shape index (κ3) is 4.75. The molecule has 160 valence electrons. The van der Waals surface area contributed by atoms with Gasteiger partial charge in [-0.2, -0.15) is 14.0 Å². The minimum atomic E-state index is -2.92. The van der Waals surface area contributed by atoms with Gasteiger partial charge in [0.05, 0.1) is 18.2 Å². The quantitative estimate of drug-likeness (QED) is 0.554. The van der Waals surface area contributed by atoms with Crippen LogP contribution in [0.1, 0.15) is 28.4 Å². The number of nitriles is 1. The number of aliphatic hydroxyl groups excluding tert-OH is 4. The smallest absolute Gasteiger partial charge is 0.387 e. The van der Waals surface area contributed by atoms with Gasteiger partial charge in [0.2, 0.25) is 0 Å². The van der Waals surface area contributed by atoms with Crippen molar-refractivity contribution in [3.8, 4) is 11.8 Å². The van der Waals surface area contributed by atoms with Crippen molar-refractivity contribution in [2.75, 3.05) is 6.61 Å². The summed E-state index contributed by atoms with van der Waals surface area (Å²) in [7, 11) is 0. The normalized spacial score (nSPS) is 26.4. The SMILES string of the molecule is N#Cc1ccc([C@@H]2O[C@H](CO)[C@@H](O)C(O)[C@H]2O)cc1Cc1ccc(OC(F)F)cc1. The molecule has 30 heavy (non-hydrogen) atoms. The monoisotopic (exact) mass is 421 g/mol. The molecular weight excluding hydrogens is 400 g/mol. The van der Waals surface area contributed by atoms with E-state index in [1.807, 2.05) is 0 Å². The average Bonchev–Trinajstić information content (AvgIpc) is 2.73. The van der Waals surface area contributed by atoms with Gasteiger partial charge in [-0.3, -0.25) is 0 Å². The summed E-state index contributed by atoms with van der Waals surface area (Å²) in [6, 6.07) is 12.8. The summed E-state index contributed by atoms with van der Waals surface area (Å²) in [4.78, 5) is 0. The zero-order chi connectivity index (χ0) is 21.8. The number of nitrogens with zero attached hydrogens (tertiary/aromatic N) is 1. The van der Waals surface area contributed by atoms with E-state index >= 15 is 0 Å². The van der Waals surface area contributed by atoms with E-state index < -0.39 is 43.7 Å². The molecule has 0 bridgehead atoms.